The largest absolute Gasteiger partial charge is 0.444 e. The highest BCUT2D eigenvalue weighted by molar-refractivity contribution is 5.87. The van der Waals surface area contributed by atoms with E-state index >= 15 is 0 Å². The van der Waals surface area contributed by atoms with E-state index in [2.05, 4.69) is 5.32 Å². The smallest absolute Gasteiger partial charge is 0.416 e. The number of amides is 2. The number of piperidine rings is 1. The maximum atomic E-state index is 13.0. The van der Waals surface area contributed by atoms with Gasteiger partial charge in [0.15, 0.2) is 0 Å². The van der Waals surface area contributed by atoms with Crippen LogP contribution in [0.1, 0.15) is 58.1 Å². The number of allylic oxidation sites excluding steroid dienone is 2. The van der Waals surface area contributed by atoms with Gasteiger partial charge in [0.05, 0.1) is 11.0 Å². The van der Waals surface area contributed by atoms with Crippen molar-refractivity contribution in [2.24, 2.45) is 5.41 Å². The molecule has 2 aliphatic heterocycles. The summed E-state index contributed by atoms with van der Waals surface area (Å²) in [6, 6.07) is 5.04. The Morgan fingerprint density at radius 2 is 1.81 bits per heavy atom. The van der Waals surface area contributed by atoms with Gasteiger partial charge in [-0.2, -0.15) is 13.2 Å². The van der Waals surface area contributed by atoms with Crippen LogP contribution >= 0.6 is 0 Å². The predicted molar refractivity (Wildman–Crippen MR) is 115 cm³/mol. The average Bonchev–Trinajstić information content (AvgIpc) is 2.68. The highest BCUT2D eigenvalue weighted by Crippen LogP contribution is 2.41. The summed E-state index contributed by atoms with van der Waals surface area (Å²) >= 11 is 0. The molecule has 0 saturated carbocycles. The number of benzene rings is 1. The Hall–Kier alpha value is -2.77. The molecule has 5 nitrogen and oxygen atoms in total. The third-order valence-corrected chi connectivity index (χ3v) is 5.82. The minimum Gasteiger partial charge on any atom is -0.444 e. The van der Waals surface area contributed by atoms with E-state index in [1.165, 1.54) is 6.07 Å². The fraction of sp³-hybridized carbons (Fsp3) is 0.500. The maximum absolute atomic E-state index is 13.0. The molecule has 0 unspecified atom stereocenters. The highest BCUT2D eigenvalue weighted by atomic mass is 19.4. The van der Waals surface area contributed by atoms with Crippen LogP contribution in [0.25, 0.3) is 6.08 Å². The Morgan fingerprint density at radius 1 is 1.16 bits per heavy atom. The van der Waals surface area contributed by atoms with Gasteiger partial charge in [-0.25, -0.2) is 4.79 Å². The van der Waals surface area contributed by atoms with Crippen LogP contribution in [0.2, 0.25) is 0 Å². The number of ether oxygens (including phenoxy) is 1. The SMILES string of the molecule is CC1=C(/C=C/c2cccc(C(F)(F)F)c2)NC(=O)C2(CCN(C(=O)OC(C)(C)C)CC2)C1. The summed E-state index contributed by atoms with van der Waals surface area (Å²) in [6.07, 6.45) is 0.0331. The van der Waals surface area contributed by atoms with Gasteiger partial charge in [-0.1, -0.05) is 18.2 Å². The Morgan fingerprint density at radius 3 is 2.41 bits per heavy atom. The standard InChI is InChI=1S/C24H29F3N2O3/c1-16-15-23(10-12-29(13-11-23)21(31)32-22(2,3)4)20(30)28-19(16)9-8-17-6-5-7-18(14-17)24(25,26)27/h5-9,14H,10-13,15H2,1-4H3,(H,28,30)/b9-8+. The van der Waals surface area contributed by atoms with E-state index in [1.54, 1.807) is 23.1 Å². The van der Waals surface area contributed by atoms with Crippen LogP contribution < -0.4 is 5.32 Å². The van der Waals surface area contributed by atoms with Gasteiger partial charge < -0.3 is 15.0 Å². The van der Waals surface area contributed by atoms with Crippen LogP contribution in [0.4, 0.5) is 18.0 Å². The molecule has 1 aromatic carbocycles. The molecule has 2 aliphatic rings. The molecule has 1 fully saturated rings. The topological polar surface area (TPSA) is 58.6 Å². The summed E-state index contributed by atoms with van der Waals surface area (Å²) in [5.74, 6) is -0.115. The lowest BCUT2D eigenvalue weighted by atomic mass is 9.71. The molecular formula is C24H29F3N2O3. The van der Waals surface area contributed by atoms with E-state index in [-0.39, 0.29) is 12.0 Å². The van der Waals surface area contributed by atoms with E-state index < -0.39 is 22.8 Å². The third-order valence-electron chi connectivity index (χ3n) is 5.82. The van der Waals surface area contributed by atoms with E-state index in [0.29, 0.717) is 43.6 Å². The molecule has 1 N–H and O–H groups in total. The first-order chi connectivity index (χ1) is 14.8. The van der Waals surface area contributed by atoms with E-state index in [1.807, 2.05) is 27.7 Å². The molecule has 32 heavy (non-hydrogen) atoms. The van der Waals surface area contributed by atoms with Crippen molar-refractivity contribution >= 4 is 18.1 Å². The van der Waals surface area contributed by atoms with Crippen LogP contribution in [0.3, 0.4) is 0 Å². The van der Waals surface area contributed by atoms with Gasteiger partial charge in [0.1, 0.15) is 5.60 Å². The number of likely N-dealkylation sites (tertiary alicyclic amines) is 1. The van der Waals surface area contributed by atoms with Crippen LogP contribution in [-0.2, 0) is 15.7 Å². The van der Waals surface area contributed by atoms with Crippen molar-refractivity contribution in [1.29, 1.82) is 0 Å². The molecule has 0 bridgehead atoms. The molecule has 0 aliphatic carbocycles. The number of carbonyl (C=O) groups is 2. The van der Waals surface area contributed by atoms with Gasteiger partial charge in [-0.15, -0.1) is 0 Å². The normalized spacial score (nSPS) is 19.5. The van der Waals surface area contributed by atoms with Crippen molar-refractivity contribution < 1.29 is 27.5 Å². The molecule has 1 aromatic rings. The summed E-state index contributed by atoms with van der Waals surface area (Å²) in [4.78, 5) is 26.9. The summed E-state index contributed by atoms with van der Waals surface area (Å²) in [5.41, 5.74) is 0.0882. The number of hydrogen-bond donors (Lipinski definition) is 1. The number of nitrogens with zero attached hydrogens (tertiary/aromatic N) is 1. The summed E-state index contributed by atoms with van der Waals surface area (Å²) in [7, 11) is 0. The lowest BCUT2D eigenvalue weighted by Crippen LogP contribution is -2.52. The first-order valence-corrected chi connectivity index (χ1v) is 10.6. The van der Waals surface area contributed by atoms with Crippen molar-refractivity contribution in [3.05, 3.63) is 52.7 Å². The minimum atomic E-state index is -4.40. The molecule has 8 heteroatoms. The zero-order valence-corrected chi connectivity index (χ0v) is 18.8. The fourth-order valence-electron chi connectivity index (χ4n) is 4.07. The lowest BCUT2D eigenvalue weighted by molar-refractivity contribution is -0.137. The van der Waals surface area contributed by atoms with E-state index in [9.17, 15) is 22.8 Å². The molecule has 1 spiro atoms. The number of carbonyl (C=O) groups excluding carboxylic acids is 2. The van der Waals surface area contributed by atoms with E-state index in [0.717, 1.165) is 17.7 Å². The van der Waals surface area contributed by atoms with E-state index in [4.69, 9.17) is 4.74 Å². The zero-order chi connectivity index (χ0) is 23.7. The highest BCUT2D eigenvalue weighted by Gasteiger charge is 2.45. The lowest BCUT2D eigenvalue weighted by Gasteiger charge is -2.43. The number of rotatable bonds is 2. The second kappa shape index (κ2) is 8.64. The monoisotopic (exact) mass is 450 g/mol. The molecule has 174 valence electrons. The molecule has 0 aromatic heterocycles. The van der Waals surface area contributed by atoms with Gasteiger partial charge in [0.2, 0.25) is 5.91 Å². The van der Waals surface area contributed by atoms with Crippen molar-refractivity contribution in [2.75, 3.05) is 13.1 Å². The summed E-state index contributed by atoms with van der Waals surface area (Å²) < 4.78 is 44.2. The van der Waals surface area contributed by atoms with Crippen molar-refractivity contribution in [1.82, 2.24) is 10.2 Å². The zero-order valence-electron chi connectivity index (χ0n) is 18.8. The van der Waals surface area contributed by atoms with Gasteiger partial charge in [0.25, 0.3) is 0 Å². The van der Waals surface area contributed by atoms with Crippen molar-refractivity contribution in [3.8, 4) is 0 Å². The third kappa shape index (κ3) is 5.53. The molecule has 1 saturated heterocycles. The summed E-state index contributed by atoms with van der Waals surface area (Å²) in [6.45, 7) is 8.22. The Kier molecular flexibility index (Phi) is 6.45. The van der Waals surface area contributed by atoms with Gasteiger partial charge in [-0.05, 0) is 76.3 Å². The fourth-order valence-corrected chi connectivity index (χ4v) is 4.07. The molecule has 3 rings (SSSR count). The molecule has 0 radical (unpaired) electrons. The van der Waals surface area contributed by atoms with Crippen LogP contribution in [0.5, 0.6) is 0 Å². The first-order valence-electron chi connectivity index (χ1n) is 10.6. The average molecular weight is 451 g/mol. The Labute approximate surface area is 186 Å². The van der Waals surface area contributed by atoms with Crippen LogP contribution in [-0.4, -0.2) is 35.6 Å². The molecule has 0 atom stereocenters. The van der Waals surface area contributed by atoms with Crippen LogP contribution in [0.15, 0.2) is 41.6 Å². The molecular weight excluding hydrogens is 421 g/mol. The Balaban J connectivity index is 1.69. The maximum Gasteiger partial charge on any atom is 0.416 e. The second-order valence-electron chi connectivity index (χ2n) is 9.53. The first kappa shape index (κ1) is 23.9. The summed E-state index contributed by atoms with van der Waals surface area (Å²) in [5, 5.41) is 2.92. The number of nitrogens with one attached hydrogen (secondary N) is 1. The number of alkyl halides is 3. The van der Waals surface area contributed by atoms with Crippen molar-refractivity contribution in [3.63, 3.8) is 0 Å². The van der Waals surface area contributed by atoms with Gasteiger partial charge in [0, 0.05) is 18.8 Å². The molecule has 2 heterocycles. The second-order valence-corrected chi connectivity index (χ2v) is 9.53. The number of hydrogen-bond acceptors (Lipinski definition) is 3. The number of halogens is 3. The Bertz CT molecular complexity index is 950. The quantitative estimate of drug-likeness (QED) is 0.645. The van der Waals surface area contributed by atoms with Crippen LogP contribution in [0, 0.1) is 5.41 Å². The minimum absolute atomic E-state index is 0.115. The van der Waals surface area contributed by atoms with Gasteiger partial charge >= 0.3 is 12.3 Å². The van der Waals surface area contributed by atoms with Crippen molar-refractivity contribution in [2.45, 2.75) is 58.7 Å². The predicted octanol–water partition coefficient (Wildman–Crippen LogP) is 5.53. The molecule has 2 amide bonds. The van der Waals surface area contributed by atoms with Gasteiger partial charge in [-0.3, -0.25) is 4.79 Å².